The molecule has 0 bridgehead atoms. The Balaban J connectivity index is 1.05. The standard InChI is InChI=1S/C33H33N5O3/c1-35-28-3-2-4-30(20-28)41-29-13-17-38(18-14-29)33(40)27-9-10-31(36-22-27)32(39)19-24-11-15-37(16-12-24)23-26-7-5-25(21-34)6-8-26/h2-10,20,22,24,29H,11-19,23H2. The van der Waals surface area contributed by atoms with E-state index < -0.39 is 0 Å². The summed E-state index contributed by atoms with van der Waals surface area (Å²) in [6, 6.07) is 20.4. The fourth-order valence-electron chi connectivity index (χ4n) is 5.52. The first-order valence-corrected chi connectivity index (χ1v) is 14.1. The number of hydrogen-bond acceptors (Lipinski definition) is 6. The number of nitriles is 1. The lowest BCUT2D eigenvalue weighted by molar-refractivity contribution is 0.0595. The van der Waals surface area contributed by atoms with Crippen molar-refractivity contribution in [3.63, 3.8) is 0 Å². The van der Waals surface area contributed by atoms with E-state index in [1.165, 1.54) is 11.8 Å². The van der Waals surface area contributed by atoms with Crippen LogP contribution in [-0.4, -0.2) is 58.8 Å². The van der Waals surface area contributed by atoms with E-state index >= 15 is 0 Å². The summed E-state index contributed by atoms with van der Waals surface area (Å²) in [6.07, 6.45) is 5.34. The number of hydrogen-bond donors (Lipinski definition) is 0. The van der Waals surface area contributed by atoms with Crippen LogP contribution in [0.4, 0.5) is 5.69 Å². The van der Waals surface area contributed by atoms with Crippen LogP contribution in [0, 0.1) is 23.8 Å². The molecule has 0 radical (unpaired) electrons. The molecule has 0 aliphatic carbocycles. The van der Waals surface area contributed by atoms with Gasteiger partial charge in [-0.1, -0.05) is 24.3 Å². The summed E-state index contributed by atoms with van der Waals surface area (Å²) in [6.45, 7) is 11.0. The van der Waals surface area contributed by atoms with Gasteiger partial charge in [-0.3, -0.25) is 19.5 Å². The lowest BCUT2D eigenvalue weighted by atomic mass is 9.90. The summed E-state index contributed by atoms with van der Waals surface area (Å²) in [4.78, 5) is 38.0. The Bertz CT molecular complexity index is 1440. The van der Waals surface area contributed by atoms with Gasteiger partial charge in [0.15, 0.2) is 11.5 Å². The van der Waals surface area contributed by atoms with Gasteiger partial charge < -0.3 is 9.64 Å². The summed E-state index contributed by atoms with van der Waals surface area (Å²) < 4.78 is 6.03. The molecular formula is C33H33N5O3. The number of carbonyl (C=O) groups excluding carboxylic acids is 2. The number of rotatable bonds is 8. The number of carbonyl (C=O) groups is 2. The van der Waals surface area contributed by atoms with E-state index in [-0.39, 0.29) is 17.8 Å². The first-order chi connectivity index (χ1) is 20.0. The second kappa shape index (κ2) is 13.2. The highest BCUT2D eigenvalue weighted by Crippen LogP contribution is 2.25. The van der Waals surface area contributed by atoms with Crippen molar-refractivity contribution in [1.82, 2.24) is 14.8 Å². The highest BCUT2D eigenvalue weighted by molar-refractivity contribution is 5.97. The number of aromatic nitrogens is 1. The second-order valence-corrected chi connectivity index (χ2v) is 10.8. The van der Waals surface area contributed by atoms with E-state index in [9.17, 15) is 9.59 Å². The Morgan fingerprint density at radius 1 is 1.00 bits per heavy atom. The monoisotopic (exact) mass is 547 g/mol. The molecule has 0 saturated carbocycles. The maximum absolute atomic E-state index is 13.0. The van der Waals surface area contributed by atoms with Gasteiger partial charge in [0.05, 0.1) is 23.8 Å². The Kier molecular flexibility index (Phi) is 9.03. The number of pyridine rings is 1. The van der Waals surface area contributed by atoms with Gasteiger partial charge in [0.2, 0.25) is 0 Å². The lowest BCUT2D eigenvalue weighted by Crippen LogP contribution is -2.41. The molecule has 0 N–H and O–H groups in total. The molecule has 0 atom stereocenters. The quantitative estimate of drug-likeness (QED) is 0.267. The van der Waals surface area contributed by atoms with Crippen LogP contribution in [0.25, 0.3) is 4.85 Å². The van der Waals surface area contributed by atoms with E-state index in [4.69, 9.17) is 16.6 Å². The van der Waals surface area contributed by atoms with Crippen molar-refractivity contribution < 1.29 is 14.3 Å². The fraction of sp³-hybridized carbons (Fsp3) is 0.364. The number of amides is 1. The van der Waals surface area contributed by atoms with Gasteiger partial charge in [-0.25, -0.2) is 4.85 Å². The minimum absolute atomic E-state index is 0.000918. The van der Waals surface area contributed by atoms with Crippen LogP contribution in [0.2, 0.25) is 0 Å². The molecule has 1 amide bonds. The average Bonchev–Trinajstić information content (AvgIpc) is 3.02. The van der Waals surface area contributed by atoms with Gasteiger partial charge in [0, 0.05) is 45.1 Å². The molecule has 2 aliphatic heterocycles. The fourth-order valence-corrected chi connectivity index (χ4v) is 5.52. The highest BCUT2D eigenvalue weighted by Gasteiger charge is 2.26. The second-order valence-electron chi connectivity index (χ2n) is 10.8. The summed E-state index contributed by atoms with van der Waals surface area (Å²) in [5.41, 5.74) is 3.31. The van der Waals surface area contributed by atoms with Crippen LogP contribution in [0.1, 0.15) is 64.1 Å². The Morgan fingerprint density at radius 3 is 2.41 bits per heavy atom. The van der Waals surface area contributed by atoms with Gasteiger partial charge in [-0.2, -0.15) is 5.26 Å². The molecule has 3 aromatic rings. The van der Waals surface area contributed by atoms with Crippen molar-refractivity contribution in [3.8, 4) is 11.8 Å². The van der Waals surface area contributed by atoms with Crippen LogP contribution in [0.3, 0.4) is 0 Å². The van der Waals surface area contributed by atoms with Gasteiger partial charge >= 0.3 is 0 Å². The maximum atomic E-state index is 13.0. The van der Waals surface area contributed by atoms with Crippen LogP contribution in [0.5, 0.6) is 5.75 Å². The van der Waals surface area contributed by atoms with E-state index in [2.05, 4.69) is 20.8 Å². The summed E-state index contributed by atoms with van der Waals surface area (Å²) in [7, 11) is 0. The zero-order chi connectivity index (χ0) is 28.6. The van der Waals surface area contributed by atoms with Crippen molar-refractivity contribution in [2.75, 3.05) is 26.2 Å². The Labute approximate surface area is 241 Å². The van der Waals surface area contributed by atoms with Crippen LogP contribution in [-0.2, 0) is 6.54 Å². The molecule has 5 rings (SSSR count). The SMILES string of the molecule is [C-]#[N+]c1cccc(OC2CCN(C(=O)c3ccc(C(=O)CC4CCN(Cc5ccc(C#N)cc5)CC4)nc3)CC2)c1. The number of piperidine rings is 2. The molecule has 2 aromatic carbocycles. The van der Waals surface area contributed by atoms with Gasteiger partial charge in [-0.05, 0) is 73.8 Å². The third-order valence-corrected chi connectivity index (χ3v) is 7.95. The third kappa shape index (κ3) is 7.36. The number of nitrogens with zero attached hydrogens (tertiary/aromatic N) is 5. The van der Waals surface area contributed by atoms with E-state index in [1.807, 2.05) is 36.4 Å². The zero-order valence-electron chi connectivity index (χ0n) is 23.0. The number of Topliss-reactive ketones (excluding diaryl/α,β-unsaturated/α-hetero) is 1. The normalized spacial score (nSPS) is 16.5. The molecule has 8 nitrogen and oxygen atoms in total. The molecule has 1 aromatic heterocycles. The summed E-state index contributed by atoms with van der Waals surface area (Å²) in [5.74, 6) is 0.950. The first-order valence-electron chi connectivity index (χ1n) is 14.1. The molecule has 208 valence electrons. The minimum Gasteiger partial charge on any atom is -0.492 e. The number of benzene rings is 2. The summed E-state index contributed by atoms with van der Waals surface area (Å²) in [5, 5.41) is 8.96. The van der Waals surface area contributed by atoms with Crippen molar-refractivity contribution in [1.29, 1.82) is 5.26 Å². The van der Waals surface area contributed by atoms with Crippen molar-refractivity contribution in [2.45, 2.75) is 44.8 Å². The number of likely N-dealkylation sites (tertiary alicyclic amines) is 2. The molecule has 0 unspecified atom stereocenters. The largest absolute Gasteiger partial charge is 0.492 e. The molecule has 2 fully saturated rings. The van der Waals surface area contributed by atoms with Crippen LogP contribution >= 0.6 is 0 Å². The van der Waals surface area contributed by atoms with Gasteiger partial charge in [0.1, 0.15) is 17.5 Å². The number of ketones is 1. The zero-order valence-corrected chi connectivity index (χ0v) is 23.0. The van der Waals surface area contributed by atoms with E-state index in [0.29, 0.717) is 66.5 Å². The molecule has 3 heterocycles. The van der Waals surface area contributed by atoms with Crippen molar-refractivity contribution >= 4 is 17.4 Å². The lowest BCUT2D eigenvalue weighted by Gasteiger charge is -2.32. The average molecular weight is 548 g/mol. The van der Waals surface area contributed by atoms with E-state index in [1.54, 1.807) is 29.2 Å². The smallest absolute Gasteiger partial charge is 0.255 e. The van der Waals surface area contributed by atoms with Crippen molar-refractivity contribution in [2.24, 2.45) is 5.92 Å². The molecule has 8 heteroatoms. The highest BCUT2D eigenvalue weighted by atomic mass is 16.5. The van der Waals surface area contributed by atoms with Crippen molar-refractivity contribution in [3.05, 3.63) is 101 Å². The minimum atomic E-state index is -0.0837. The Morgan fingerprint density at radius 2 is 1.76 bits per heavy atom. The Hall–Kier alpha value is -4.53. The first kappa shape index (κ1) is 28.0. The van der Waals surface area contributed by atoms with Gasteiger partial charge in [-0.15, -0.1) is 0 Å². The van der Waals surface area contributed by atoms with Crippen LogP contribution in [0.15, 0.2) is 66.9 Å². The molecule has 2 aliphatic rings. The van der Waals surface area contributed by atoms with Gasteiger partial charge in [0.25, 0.3) is 5.91 Å². The number of ether oxygens (including phenoxy) is 1. The predicted molar refractivity (Wildman–Crippen MR) is 155 cm³/mol. The van der Waals surface area contributed by atoms with Crippen LogP contribution < -0.4 is 4.74 Å². The molecule has 0 spiro atoms. The third-order valence-electron chi connectivity index (χ3n) is 7.95. The predicted octanol–water partition coefficient (Wildman–Crippen LogP) is 5.67. The molecular weight excluding hydrogens is 514 g/mol. The maximum Gasteiger partial charge on any atom is 0.255 e. The summed E-state index contributed by atoms with van der Waals surface area (Å²) >= 11 is 0. The molecule has 41 heavy (non-hydrogen) atoms. The molecule has 2 saturated heterocycles. The van der Waals surface area contributed by atoms with E-state index in [0.717, 1.165) is 32.5 Å². The topological polar surface area (TPSA) is 90.9 Å².